The van der Waals surface area contributed by atoms with Crippen LogP contribution in [-0.4, -0.2) is 34.9 Å². The maximum absolute atomic E-state index is 12.4. The summed E-state index contributed by atoms with van der Waals surface area (Å²) in [6.07, 6.45) is 77.8. The van der Waals surface area contributed by atoms with Crippen molar-refractivity contribution in [2.75, 3.05) is 6.61 Å². The lowest BCUT2D eigenvalue weighted by molar-refractivity contribution is -0.123. The van der Waals surface area contributed by atoms with Gasteiger partial charge in [0.15, 0.2) is 0 Å². The zero-order chi connectivity index (χ0) is 45.6. The zero-order valence-corrected chi connectivity index (χ0v) is 42.1. The van der Waals surface area contributed by atoms with Crippen molar-refractivity contribution in [2.24, 2.45) is 0 Å². The Labute approximate surface area is 393 Å². The van der Waals surface area contributed by atoms with Gasteiger partial charge in [-0.1, -0.05) is 260 Å². The maximum Gasteiger partial charge on any atom is 0.220 e. The van der Waals surface area contributed by atoms with E-state index in [9.17, 15) is 15.0 Å². The summed E-state index contributed by atoms with van der Waals surface area (Å²) >= 11 is 0. The Morgan fingerprint density at radius 2 is 0.667 bits per heavy atom. The topological polar surface area (TPSA) is 69.6 Å². The minimum absolute atomic E-state index is 0.0768. The second-order valence-electron chi connectivity index (χ2n) is 18.6. The number of hydrogen-bond donors (Lipinski definition) is 3. The molecule has 3 N–H and O–H groups in total. The van der Waals surface area contributed by atoms with E-state index in [1.165, 1.54) is 205 Å². The highest BCUT2D eigenvalue weighted by Crippen LogP contribution is 2.16. The molecule has 0 saturated heterocycles. The molecule has 0 bridgehead atoms. The first-order chi connectivity index (χ1) is 31.2. The minimum atomic E-state index is -0.871. The van der Waals surface area contributed by atoms with E-state index >= 15 is 0 Å². The van der Waals surface area contributed by atoms with Gasteiger partial charge in [-0.2, -0.15) is 0 Å². The molecule has 0 fully saturated rings. The van der Waals surface area contributed by atoms with Crippen LogP contribution in [0.1, 0.15) is 277 Å². The lowest BCUT2D eigenvalue weighted by Crippen LogP contribution is -2.45. The summed E-state index contributed by atoms with van der Waals surface area (Å²) in [5, 5.41) is 23.1. The monoisotopic (exact) mass is 878 g/mol. The van der Waals surface area contributed by atoms with Crippen molar-refractivity contribution < 1.29 is 15.0 Å². The molecule has 0 aliphatic heterocycles. The molecule has 4 heteroatoms. The van der Waals surface area contributed by atoms with Gasteiger partial charge < -0.3 is 15.5 Å². The van der Waals surface area contributed by atoms with Crippen LogP contribution in [0.25, 0.3) is 0 Å². The van der Waals surface area contributed by atoms with Gasteiger partial charge in [-0.25, -0.2) is 0 Å². The standard InChI is InChI=1S/C59H107NO3/c1-3-5-7-9-11-13-15-17-19-21-22-23-24-25-26-27-28-29-30-31-32-33-34-35-36-37-38-39-41-43-45-47-49-51-53-55-59(63)60-57(56-61)58(62)54-52-50-48-46-44-42-40-20-18-16-14-12-10-8-6-4-2/h15,17-18,20-22,24-25,44,46,52,54,57-58,61-62H,3-14,16,19,23,26-43,45,47-51,53,55-56H2,1-2H3,(H,60,63)/b17-15-,20-18+,22-21-,25-24-,46-44+,54-52+. The van der Waals surface area contributed by atoms with E-state index in [-0.39, 0.29) is 12.5 Å². The average molecular weight is 879 g/mol. The fourth-order valence-corrected chi connectivity index (χ4v) is 8.16. The first-order valence-electron chi connectivity index (χ1n) is 27.7. The van der Waals surface area contributed by atoms with Gasteiger partial charge >= 0.3 is 0 Å². The van der Waals surface area contributed by atoms with Gasteiger partial charge in [0, 0.05) is 6.42 Å². The van der Waals surface area contributed by atoms with Crippen molar-refractivity contribution in [2.45, 2.75) is 289 Å². The molecule has 0 heterocycles. The third-order valence-corrected chi connectivity index (χ3v) is 12.4. The third kappa shape index (κ3) is 50.7. The van der Waals surface area contributed by atoms with E-state index in [1.807, 2.05) is 6.08 Å². The van der Waals surface area contributed by atoms with Gasteiger partial charge in [0.1, 0.15) is 0 Å². The fourth-order valence-electron chi connectivity index (χ4n) is 8.16. The lowest BCUT2D eigenvalue weighted by atomic mass is 10.0. The Bertz CT molecular complexity index is 1090. The lowest BCUT2D eigenvalue weighted by Gasteiger charge is -2.19. The van der Waals surface area contributed by atoms with Crippen LogP contribution in [0.15, 0.2) is 72.9 Å². The van der Waals surface area contributed by atoms with E-state index < -0.39 is 12.1 Å². The van der Waals surface area contributed by atoms with E-state index in [0.717, 1.165) is 51.4 Å². The molecule has 0 spiro atoms. The summed E-state index contributed by atoms with van der Waals surface area (Å²) in [7, 11) is 0. The molecular weight excluding hydrogens is 771 g/mol. The van der Waals surface area contributed by atoms with E-state index in [0.29, 0.717) is 6.42 Å². The molecule has 4 nitrogen and oxygen atoms in total. The number of nitrogens with one attached hydrogen (secondary N) is 1. The SMILES string of the molecule is CCCCCCC/C=C\C/C=C\C/C=C\CCCCCCCCCCCCCCCCCCCCCCC(=O)NC(CO)C(O)/C=C/CC/C=C/CC/C=C/CCCCCCCC. The van der Waals surface area contributed by atoms with Gasteiger partial charge in [-0.05, 0) is 83.5 Å². The van der Waals surface area contributed by atoms with Gasteiger partial charge in [0.25, 0.3) is 0 Å². The molecule has 0 radical (unpaired) electrons. The maximum atomic E-state index is 12.4. The molecule has 0 aromatic heterocycles. The predicted octanol–water partition coefficient (Wildman–Crippen LogP) is 18.2. The number of amides is 1. The number of carbonyl (C=O) groups excluding carboxylic acids is 1. The number of hydrogen-bond acceptors (Lipinski definition) is 3. The van der Waals surface area contributed by atoms with Crippen molar-refractivity contribution in [3.8, 4) is 0 Å². The van der Waals surface area contributed by atoms with Crippen LogP contribution in [0.2, 0.25) is 0 Å². The number of aliphatic hydroxyl groups is 2. The Morgan fingerprint density at radius 3 is 1.03 bits per heavy atom. The Hall–Kier alpha value is -2.17. The molecule has 0 aliphatic carbocycles. The summed E-state index contributed by atoms with van der Waals surface area (Å²) in [4.78, 5) is 12.4. The molecule has 0 saturated carbocycles. The van der Waals surface area contributed by atoms with Crippen molar-refractivity contribution in [1.82, 2.24) is 5.32 Å². The number of rotatable bonds is 50. The molecular formula is C59H107NO3. The molecule has 1 amide bonds. The van der Waals surface area contributed by atoms with E-state index in [1.54, 1.807) is 6.08 Å². The van der Waals surface area contributed by atoms with Crippen LogP contribution in [0.5, 0.6) is 0 Å². The number of aliphatic hydroxyl groups excluding tert-OH is 2. The third-order valence-electron chi connectivity index (χ3n) is 12.4. The summed E-state index contributed by atoms with van der Waals surface area (Å²) in [5.74, 6) is -0.0768. The molecule has 0 aromatic rings. The Kier molecular flexibility index (Phi) is 52.3. The molecule has 63 heavy (non-hydrogen) atoms. The highest BCUT2D eigenvalue weighted by atomic mass is 16.3. The van der Waals surface area contributed by atoms with Crippen molar-refractivity contribution in [1.29, 1.82) is 0 Å². The number of allylic oxidation sites excluding steroid dienone is 11. The first-order valence-corrected chi connectivity index (χ1v) is 27.7. The van der Waals surface area contributed by atoms with E-state index in [4.69, 9.17) is 0 Å². The van der Waals surface area contributed by atoms with Crippen LogP contribution >= 0.6 is 0 Å². The Morgan fingerprint density at radius 1 is 0.381 bits per heavy atom. The average Bonchev–Trinajstić information content (AvgIpc) is 3.29. The summed E-state index contributed by atoms with van der Waals surface area (Å²) in [6, 6.07) is -0.647. The molecule has 0 rings (SSSR count). The fraction of sp³-hybridized carbons (Fsp3) is 0.780. The number of carbonyl (C=O) groups is 1. The van der Waals surface area contributed by atoms with Crippen molar-refractivity contribution in [3.63, 3.8) is 0 Å². The van der Waals surface area contributed by atoms with Gasteiger partial charge in [-0.15, -0.1) is 0 Å². The summed E-state index contributed by atoms with van der Waals surface area (Å²) in [6.45, 7) is 4.28. The second-order valence-corrected chi connectivity index (χ2v) is 18.6. The smallest absolute Gasteiger partial charge is 0.220 e. The highest BCUT2D eigenvalue weighted by molar-refractivity contribution is 5.76. The minimum Gasteiger partial charge on any atom is -0.394 e. The van der Waals surface area contributed by atoms with Gasteiger partial charge in [-0.3, -0.25) is 4.79 Å². The van der Waals surface area contributed by atoms with Crippen molar-refractivity contribution in [3.05, 3.63) is 72.9 Å². The van der Waals surface area contributed by atoms with Crippen LogP contribution in [-0.2, 0) is 4.79 Å². The highest BCUT2D eigenvalue weighted by Gasteiger charge is 2.17. The zero-order valence-electron chi connectivity index (χ0n) is 42.1. The van der Waals surface area contributed by atoms with Crippen LogP contribution < -0.4 is 5.32 Å². The number of unbranched alkanes of at least 4 members (excludes halogenated alkanes) is 33. The van der Waals surface area contributed by atoms with Gasteiger partial charge in [0.2, 0.25) is 5.91 Å². The van der Waals surface area contributed by atoms with Gasteiger partial charge in [0.05, 0.1) is 18.8 Å². The first kappa shape index (κ1) is 60.8. The van der Waals surface area contributed by atoms with Crippen molar-refractivity contribution >= 4 is 5.91 Å². The molecule has 0 aliphatic rings. The molecule has 366 valence electrons. The van der Waals surface area contributed by atoms with Crippen LogP contribution in [0, 0.1) is 0 Å². The molecule has 0 aromatic carbocycles. The van der Waals surface area contributed by atoms with Crippen LogP contribution in [0.3, 0.4) is 0 Å². The molecule has 2 unspecified atom stereocenters. The summed E-state index contributed by atoms with van der Waals surface area (Å²) < 4.78 is 0. The molecule has 2 atom stereocenters. The Balaban J connectivity index is 3.49. The summed E-state index contributed by atoms with van der Waals surface area (Å²) in [5.41, 5.74) is 0. The predicted molar refractivity (Wildman–Crippen MR) is 281 cm³/mol. The quantitative estimate of drug-likeness (QED) is 0.0421. The largest absolute Gasteiger partial charge is 0.394 e. The normalized spacial score (nSPS) is 13.4. The van der Waals surface area contributed by atoms with Crippen LogP contribution in [0.4, 0.5) is 0 Å². The van der Waals surface area contributed by atoms with E-state index in [2.05, 4.69) is 79.9 Å². The second kappa shape index (κ2) is 54.2.